The fraction of sp³-hybridized carbons (Fsp3) is 0.382. The third-order valence-corrected chi connectivity index (χ3v) is 15.7. The molecule has 1 heterocycles. The normalized spacial score (nSPS) is 12.3. The molecule has 0 unspecified atom stereocenters. The van der Waals surface area contributed by atoms with Crippen LogP contribution < -0.4 is 10.4 Å². The molecule has 8 aromatic rings. The predicted octanol–water partition coefficient (Wildman–Crippen LogP) is 20.3. The average Bonchev–Trinajstić information content (AvgIpc) is 4.07. The van der Waals surface area contributed by atoms with Gasteiger partial charge in [-0.2, -0.15) is 41.6 Å². The summed E-state index contributed by atoms with van der Waals surface area (Å²) in [6, 6.07) is 51.7. The summed E-state index contributed by atoms with van der Waals surface area (Å²) in [6.45, 7) is 41.5. The maximum absolute atomic E-state index is 4.93. The van der Waals surface area contributed by atoms with Crippen LogP contribution in [0, 0.1) is 6.07 Å². The van der Waals surface area contributed by atoms with Gasteiger partial charge in [-0.3, -0.25) is 0 Å². The van der Waals surface area contributed by atoms with E-state index < -0.39 is 20.8 Å². The summed E-state index contributed by atoms with van der Waals surface area (Å²) in [5.41, 5.74) is 20.1. The van der Waals surface area contributed by atoms with E-state index in [0.717, 1.165) is 9.52 Å². The number of halogens is 2. The Morgan fingerprint density at radius 3 is 1.19 bits per heavy atom. The summed E-state index contributed by atoms with van der Waals surface area (Å²) in [5, 5.41) is 8.38. The first-order chi connectivity index (χ1) is 33.8. The van der Waals surface area contributed by atoms with Crippen molar-refractivity contribution in [1.82, 2.24) is 0 Å². The molecule has 0 saturated heterocycles. The Hall–Kier alpha value is -3.78. The van der Waals surface area contributed by atoms with Crippen molar-refractivity contribution in [2.75, 3.05) is 0 Å². The minimum absolute atomic E-state index is 0.102. The van der Waals surface area contributed by atoms with Crippen molar-refractivity contribution in [1.29, 1.82) is 0 Å². The van der Waals surface area contributed by atoms with Gasteiger partial charge in [0.25, 0.3) is 0 Å². The second-order valence-electron chi connectivity index (χ2n) is 24.0. The summed E-state index contributed by atoms with van der Waals surface area (Å²) < 4.78 is 0. The third kappa shape index (κ3) is 13.5. The van der Waals surface area contributed by atoms with Crippen LogP contribution in [-0.2, 0) is 31.7 Å². The number of rotatable bonds is 8. The van der Waals surface area contributed by atoms with Crippen molar-refractivity contribution in [3.05, 3.63) is 178 Å². The average molecular weight is 1090 g/mol. The largest absolute Gasteiger partial charge is 0.184 e. The van der Waals surface area contributed by atoms with Crippen molar-refractivity contribution >= 4 is 58.5 Å². The van der Waals surface area contributed by atoms with Crippen molar-refractivity contribution < 1.29 is 20.8 Å². The van der Waals surface area contributed by atoms with Gasteiger partial charge >= 0.3 is 37.9 Å². The molecule has 0 nitrogen and oxygen atoms in total. The molecular weight excluding hydrogens is 1010 g/mol. The molecular formula is C68H81Cl2SiZr-3. The van der Waals surface area contributed by atoms with E-state index in [2.05, 4.69) is 252 Å². The Balaban J connectivity index is 0.000000181. The van der Waals surface area contributed by atoms with Gasteiger partial charge in [0, 0.05) is 0 Å². The molecule has 2 radical (unpaired) electrons. The molecule has 72 heavy (non-hydrogen) atoms. The summed E-state index contributed by atoms with van der Waals surface area (Å²) in [7, 11) is 10.7. The van der Waals surface area contributed by atoms with Gasteiger partial charge in [0.2, 0.25) is 0 Å². The van der Waals surface area contributed by atoms with Gasteiger partial charge in [0.15, 0.2) is 0 Å². The smallest absolute Gasteiger partial charge is 0.0920 e. The molecule has 9 rings (SSSR count). The van der Waals surface area contributed by atoms with Gasteiger partial charge in [0.05, 0.1) is 9.52 Å². The van der Waals surface area contributed by atoms with Crippen molar-refractivity contribution in [3.8, 4) is 33.4 Å². The quantitative estimate of drug-likeness (QED) is 0.105. The number of hydrogen-bond acceptors (Lipinski definition) is 0. The minimum atomic E-state index is -0.826. The van der Waals surface area contributed by atoms with E-state index in [4.69, 9.17) is 17.0 Å². The molecule has 0 aromatic heterocycles. The molecule has 4 heteroatoms. The molecule has 0 aliphatic carbocycles. The van der Waals surface area contributed by atoms with E-state index >= 15 is 0 Å². The Labute approximate surface area is 458 Å². The van der Waals surface area contributed by atoms with Crippen molar-refractivity contribution in [3.63, 3.8) is 0 Å². The molecule has 8 aromatic carbocycles. The molecule has 0 N–H and O–H groups in total. The van der Waals surface area contributed by atoms with Gasteiger partial charge in [0.1, 0.15) is 0 Å². The first-order valence-corrected chi connectivity index (χ1v) is 33.8. The Bertz CT molecular complexity index is 2820. The van der Waals surface area contributed by atoms with Crippen LogP contribution >= 0.6 is 17.0 Å². The molecule has 378 valence electrons. The summed E-state index contributed by atoms with van der Waals surface area (Å²) in [4.78, 5) is 0. The van der Waals surface area contributed by atoms with Gasteiger partial charge in [-0.05, 0) is 79.7 Å². The third-order valence-electron chi connectivity index (χ3n) is 14.3. The number of hydrogen-bond donors (Lipinski definition) is 0. The standard InChI is InChI=1S/2C28H37.C12H7Si.2ClH.Zr/c2*1-17(2)21-13-22(18(3)4)15-24(14-21)27-25-16-23(19(5)6)12-20(25)10-11-26(27)28(7,8)9;1-3-7-11-9(5-1)10-6-2-4-8-12(10)13-11;;;/h2*10-19H,1-9H3;1-7H;2*1H;/q3*-1;;;+2/p-2. The topological polar surface area (TPSA) is 0 Å². The van der Waals surface area contributed by atoms with E-state index in [1.54, 1.807) is 0 Å². The molecule has 0 atom stereocenters. The van der Waals surface area contributed by atoms with Gasteiger partial charge in [-0.25, -0.2) is 0 Å². The molecule has 0 spiro atoms. The van der Waals surface area contributed by atoms with Crippen LogP contribution in [0.3, 0.4) is 0 Å². The first-order valence-electron chi connectivity index (χ1n) is 26.5. The van der Waals surface area contributed by atoms with E-state index in [1.165, 1.54) is 110 Å². The zero-order valence-electron chi connectivity index (χ0n) is 46.8. The summed E-state index contributed by atoms with van der Waals surface area (Å²) in [5.74, 6) is 3.21. The second-order valence-corrected chi connectivity index (χ2v) is 29.0. The summed E-state index contributed by atoms with van der Waals surface area (Å²) in [6.07, 6.45) is 0. The van der Waals surface area contributed by atoms with Crippen LogP contribution in [0.1, 0.15) is 205 Å². The van der Waals surface area contributed by atoms with E-state index in [9.17, 15) is 0 Å². The number of fused-ring (bicyclic) bond motifs is 5. The molecule has 0 fully saturated rings. The van der Waals surface area contributed by atoms with E-state index in [-0.39, 0.29) is 10.8 Å². The monoisotopic (exact) mass is 1090 g/mol. The predicted molar refractivity (Wildman–Crippen MR) is 319 cm³/mol. The maximum atomic E-state index is 4.93. The van der Waals surface area contributed by atoms with E-state index in [0.29, 0.717) is 35.5 Å². The second kappa shape index (κ2) is 24.3. The molecule has 0 bridgehead atoms. The fourth-order valence-corrected chi connectivity index (χ4v) is 11.2. The Morgan fingerprint density at radius 1 is 0.458 bits per heavy atom. The Morgan fingerprint density at radius 2 is 0.833 bits per heavy atom. The zero-order chi connectivity index (χ0) is 53.0. The van der Waals surface area contributed by atoms with Gasteiger partial charge < -0.3 is 0 Å². The Kier molecular flexibility index (Phi) is 19.4. The SMILES string of the molecule is CC(C)c1cc(-c2c(C(C)(C)C)ccc3[cH-]c(C(C)C)cc23)cc(C(C)C)c1.CC(C)c1cc(-c2c(C(C)(C)C)ccc3[cH-]c(C(C)C)cc23)cc(C(C)C)c1.[Cl][Zr][Cl].[c-]1cccc2c1[Si]c1ccccc1-2. The van der Waals surface area contributed by atoms with Crippen molar-refractivity contribution in [2.24, 2.45) is 0 Å². The van der Waals surface area contributed by atoms with Crippen LogP contribution in [0.15, 0.2) is 127 Å². The minimum Gasteiger partial charge on any atom is -0.184 e. The van der Waals surface area contributed by atoms with Gasteiger partial charge in [-0.15, -0.1) is 74.6 Å². The fourth-order valence-electron chi connectivity index (χ4n) is 9.85. The van der Waals surface area contributed by atoms with Crippen LogP contribution in [-0.4, -0.2) is 9.52 Å². The summed E-state index contributed by atoms with van der Waals surface area (Å²) >= 11 is -0.826. The van der Waals surface area contributed by atoms with Gasteiger partial charge in [-0.1, -0.05) is 218 Å². The zero-order valence-corrected chi connectivity index (χ0v) is 51.8. The van der Waals surface area contributed by atoms with Crippen molar-refractivity contribution in [2.45, 2.75) is 171 Å². The van der Waals surface area contributed by atoms with Crippen LogP contribution in [0.5, 0.6) is 0 Å². The van der Waals surface area contributed by atoms with Crippen LogP contribution in [0.2, 0.25) is 0 Å². The van der Waals surface area contributed by atoms with Crippen LogP contribution in [0.4, 0.5) is 0 Å². The van der Waals surface area contributed by atoms with E-state index in [1.807, 2.05) is 6.07 Å². The number of benzene rings is 6. The molecule has 1 aliphatic heterocycles. The first kappa shape index (κ1) is 57.5. The maximum Gasteiger partial charge on any atom is 0.0920 e. The molecule has 1 aliphatic rings. The molecule has 0 saturated carbocycles. The van der Waals surface area contributed by atoms with Crippen LogP contribution in [0.25, 0.3) is 54.9 Å². The molecule has 0 amide bonds.